The zero-order valence-electron chi connectivity index (χ0n) is 6.92. The van der Waals surface area contributed by atoms with E-state index in [4.69, 9.17) is 9.47 Å². The van der Waals surface area contributed by atoms with Crippen molar-refractivity contribution in [2.75, 3.05) is 13.4 Å². The van der Waals surface area contributed by atoms with Crippen molar-refractivity contribution in [3.05, 3.63) is 30.1 Å². The van der Waals surface area contributed by atoms with Crippen LogP contribution in [0.2, 0.25) is 0 Å². The Balaban J connectivity index is 2.37. The summed E-state index contributed by atoms with van der Waals surface area (Å²) < 4.78 is 22.5. The Hall–Kier alpha value is -1.09. The molecule has 0 aliphatic heterocycles. The number of hydrogen-bond donors (Lipinski definition) is 0. The van der Waals surface area contributed by atoms with Gasteiger partial charge >= 0.3 is 0 Å². The normalized spacial score (nSPS) is 9.83. The quantitative estimate of drug-likeness (QED) is 0.509. The van der Waals surface area contributed by atoms with Gasteiger partial charge in [-0.25, -0.2) is 4.39 Å². The average Bonchev–Trinajstić information content (AvgIpc) is 2.09. The molecule has 0 bridgehead atoms. The predicted octanol–water partition coefficient (Wildman–Crippen LogP) is 2.20. The van der Waals surface area contributed by atoms with Crippen LogP contribution in [0.25, 0.3) is 0 Å². The Kier molecular flexibility index (Phi) is 3.54. The smallest absolute Gasteiger partial charge is 0.189 e. The number of hydrogen-bond acceptors (Lipinski definition) is 2. The first-order chi connectivity index (χ1) is 5.83. The first-order valence-electron chi connectivity index (χ1n) is 3.79. The molecule has 0 saturated carbocycles. The van der Waals surface area contributed by atoms with Gasteiger partial charge in [0.25, 0.3) is 0 Å². The van der Waals surface area contributed by atoms with Gasteiger partial charge in [-0.05, 0) is 31.2 Å². The van der Waals surface area contributed by atoms with Gasteiger partial charge in [-0.1, -0.05) is 0 Å². The lowest BCUT2D eigenvalue weighted by Crippen LogP contribution is -2.01. The SMILES string of the molecule is CCOCOc1ccc(F)cc1. The van der Waals surface area contributed by atoms with Gasteiger partial charge in [0.15, 0.2) is 6.79 Å². The lowest BCUT2D eigenvalue weighted by Gasteiger charge is -2.04. The van der Waals surface area contributed by atoms with E-state index in [0.29, 0.717) is 12.4 Å². The second-order valence-electron chi connectivity index (χ2n) is 2.21. The first kappa shape index (κ1) is 9.00. The van der Waals surface area contributed by atoms with E-state index in [0.717, 1.165) is 0 Å². The van der Waals surface area contributed by atoms with Crippen molar-refractivity contribution in [1.29, 1.82) is 0 Å². The summed E-state index contributed by atoms with van der Waals surface area (Å²) in [6.45, 7) is 2.71. The summed E-state index contributed by atoms with van der Waals surface area (Å²) in [6.07, 6.45) is 0. The van der Waals surface area contributed by atoms with Gasteiger partial charge in [0.2, 0.25) is 0 Å². The van der Waals surface area contributed by atoms with Crippen molar-refractivity contribution in [3.8, 4) is 5.75 Å². The average molecular weight is 170 g/mol. The summed E-state index contributed by atoms with van der Waals surface area (Å²) >= 11 is 0. The number of benzene rings is 1. The van der Waals surface area contributed by atoms with Gasteiger partial charge < -0.3 is 9.47 Å². The summed E-state index contributed by atoms with van der Waals surface area (Å²) in [5.74, 6) is 0.351. The highest BCUT2D eigenvalue weighted by atomic mass is 19.1. The molecular formula is C9H11FO2. The van der Waals surface area contributed by atoms with Gasteiger partial charge in [-0.2, -0.15) is 0 Å². The molecule has 0 fully saturated rings. The van der Waals surface area contributed by atoms with Crippen molar-refractivity contribution in [1.82, 2.24) is 0 Å². The third-order valence-corrected chi connectivity index (χ3v) is 1.33. The molecule has 0 radical (unpaired) electrons. The molecule has 0 unspecified atom stereocenters. The van der Waals surface area contributed by atoms with Crippen LogP contribution in [-0.2, 0) is 4.74 Å². The molecule has 1 aromatic carbocycles. The Morgan fingerprint density at radius 3 is 2.50 bits per heavy atom. The van der Waals surface area contributed by atoms with Crippen LogP contribution in [0.15, 0.2) is 24.3 Å². The van der Waals surface area contributed by atoms with Crippen molar-refractivity contribution >= 4 is 0 Å². The molecule has 3 heteroatoms. The van der Waals surface area contributed by atoms with Crippen LogP contribution in [0.3, 0.4) is 0 Å². The molecule has 0 N–H and O–H groups in total. The van der Waals surface area contributed by atoms with Gasteiger partial charge in [-0.3, -0.25) is 0 Å². The minimum absolute atomic E-state index is 0.210. The van der Waals surface area contributed by atoms with Crippen LogP contribution in [0.4, 0.5) is 4.39 Å². The molecule has 0 aromatic heterocycles. The Bertz CT molecular complexity index is 220. The van der Waals surface area contributed by atoms with Crippen molar-refractivity contribution in [2.45, 2.75) is 6.92 Å². The lowest BCUT2D eigenvalue weighted by molar-refractivity contribution is 0.0224. The van der Waals surface area contributed by atoms with Gasteiger partial charge in [0, 0.05) is 6.61 Å². The van der Waals surface area contributed by atoms with Crippen molar-refractivity contribution in [3.63, 3.8) is 0 Å². The highest BCUT2D eigenvalue weighted by molar-refractivity contribution is 5.21. The van der Waals surface area contributed by atoms with Crippen LogP contribution in [-0.4, -0.2) is 13.4 Å². The molecule has 0 saturated heterocycles. The van der Waals surface area contributed by atoms with Crippen LogP contribution < -0.4 is 4.74 Å². The highest BCUT2D eigenvalue weighted by Gasteiger charge is 1.92. The summed E-state index contributed by atoms with van der Waals surface area (Å²) in [6, 6.07) is 5.82. The van der Waals surface area contributed by atoms with Gasteiger partial charge in [-0.15, -0.1) is 0 Å². The molecule has 1 aromatic rings. The van der Waals surface area contributed by atoms with E-state index in [2.05, 4.69) is 0 Å². The summed E-state index contributed by atoms with van der Waals surface area (Å²) in [5.41, 5.74) is 0. The standard InChI is InChI=1S/C9H11FO2/c1-2-11-7-12-9-5-3-8(10)4-6-9/h3-6H,2,7H2,1H3. The molecular weight excluding hydrogens is 159 g/mol. The predicted molar refractivity (Wildman–Crippen MR) is 43.5 cm³/mol. The molecule has 0 atom stereocenters. The second kappa shape index (κ2) is 4.72. The minimum Gasteiger partial charge on any atom is -0.468 e. The maximum absolute atomic E-state index is 12.4. The second-order valence-corrected chi connectivity index (χ2v) is 2.21. The number of rotatable bonds is 4. The molecule has 0 aliphatic carbocycles. The van der Waals surface area contributed by atoms with Crippen molar-refractivity contribution in [2.24, 2.45) is 0 Å². The summed E-state index contributed by atoms with van der Waals surface area (Å²) in [5, 5.41) is 0. The molecule has 0 spiro atoms. The fourth-order valence-corrected chi connectivity index (χ4v) is 0.724. The molecule has 66 valence electrons. The van der Waals surface area contributed by atoms with E-state index in [1.165, 1.54) is 12.1 Å². The molecule has 0 aliphatic rings. The zero-order valence-corrected chi connectivity index (χ0v) is 6.92. The van der Waals surface area contributed by atoms with Crippen LogP contribution in [0, 0.1) is 5.82 Å². The molecule has 1 rings (SSSR count). The molecule has 2 nitrogen and oxygen atoms in total. The van der Waals surface area contributed by atoms with Gasteiger partial charge in [0.05, 0.1) is 0 Å². The van der Waals surface area contributed by atoms with Crippen LogP contribution in [0.5, 0.6) is 5.75 Å². The molecule has 0 heterocycles. The minimum atomic E-state index is -0.265. The first-order valence-corrected chi connectivity index (χ1v) is 3.79. The van der Waals surface area contributed by atoms with Crippen molar-refractivity contribution < 1.29 is 13.9 Å². The van der Waals surface area contributed by atoms with Crippen LogP contribution in [0.1, 0.15) is 6.92 Å². The third kappa shape index (κ3) is 2.88. The molecule has 0 amide bonds. The third-order valence-electron chi connectivity index (χ3n) is 1.33. The fraction of sp³-hybridized carbons (Fsp3) is 0.333. The Labute approximate surface area is 70.9 Å². The monoisotopic (exact) mass is 170 g/mol. The highest BCUT2D eigenvalue weighted by Crippen LogP contribution is 2.10. The van der Waals surface area contributed by atoms with Gasteiger partial charge in [0.1, 0.15) is 11.6 Å². The van der Waals surface area contributed by atoms with E-state index < -0.39 is 0 Å². The number of ether oxygens (including phenoxy) is 2. The van der Waals surface area contributed by atoms with E-state index in [9.17, 15) is 4.39 Å². The van der Waals surface area contributed by atoms with E-state index in [-0.39, 0.29) is 12.6 Å². The van der Waals surface area contributed by atoms with E-state index >= 15 is 0 Å². The maximum Gasteiger partial charge on any atom is 0.189 e. The van der Waals surface area contributed by atoms with E-state index in [1.807, 2.05) is 6.92 Å². The summed E-state index contributed by atoms with van der Waals surface area (Å²) in [4.78, 5) is 0. The van der Waals surface area contributed by atoms with Crippen LogP contribution >= 0.6 is 0 Å². The lowest BCUT2D eigenvalue weighted by atomic mass is 10.3. The summed E-state index contributed by atoms with van der Waals surface area (Å²) in [7, 11) is 0. The topological polar surface area (TPSA) is 18.5 Å². The largest absolute Gasteiger partial charge is 0.468 e. The Morgan fingerprint density at radius 2 is 1.92 bits per heavy atom. The number of halogens is 1. The zero-order chi connectivity index (χ0) is 8.81. The fourth-order valence-electron chi connectivity index (χ4n) is 0.724. The molecule has 12 heavy (non-hydrogen) atoms. The Morgan fingerprint density at radius 1 is 1.25 bits per heavy atom. The maximum atomic E-state index is 12.4. The van der Waals surface area contributed by atoms with E-state index in [1.54, 1.807) is 12.1 Å².